The number of nitrogens with zero attached hydrogens (tertiary/aromatic N) is 3. The summed E-state index contributed by atoms with van der Waals surface area (Å²) in [6.07, 6.45) is -1.62. The Morgan fingerprint density at radius 1 is 1.00 bits per heavy atom. The van der Waals surface area contributed by atoms with E-state index in [1.54, 1.807) is 6.07 Å². The van der Waals surface area contributed by atoms with Crippen molar-refractivity contribution in [2.75, 3.05) is 12.3 Å². The quantitative estimate of drug-likeness (QED) is 0.373. The lowest BCUT2D eigenvalue weighted by Gasteiger charge is -2.27. The second-order valence-corrected chi connectivity index (χ2v) is 9.26. The normalized spacial score (nSPS) is 14.3. The smallest absolute Gasteiger partial charge is 0.399 e. The predicted molar refractivity (Wildman–Crippen MR) is 124 cm³/mol. The average Bonchev–Trinajstić information content (AvgIpc) is 3.27. The molecule has 0 fully saturated rings. The SMILES string of the molecule is Nc1ccc(-c2ncc3c(n2)CCN(Cc2ccc(-c4cccc(C(F)(F)F)c4)s2)C3)cc1. The summed E-state index contributed by atoms with van der Waals surface area (Å²) in [5.74, 6) is 0.700. The molecule has 0 spiro atoms. The van der Waals surface area contributed by atoms with Crippen molar-refractivity contribution in [3.05, 3.63) is 88.6 Å². The van der Waals surface area contributed by atoms with Gasteiger partial charge in [0.2, 0.25) is 0 Å². The fourth-order valence-electron chi connectivity index (χ4n) is 3.97. The first kappa shape index (κ1) is 21.6. The van der Waals surface area contributed by atoms with E-state index in [-0.39, 0.29) is 0 Å². The van der Waals surface area contributed by atoms with Gasteiger partial charge in [-0.3, -0.25) is 4.90 Å². The first-order chi connectivity index (χ1) is 15.8. The molecule has 4 nitrogen and oxygen atoms in total. The van der Waals surface area contributed by atoms with Crippen LogP contribution in [0.25, 0.3) is 21.8 Å². The van der Waals surface area contributed by atoms with E-state index < -0.39 is 11.7 Å². The molecule has 1 aliphatic heterocycles. The minimum absolute atomic E-state index is 0.591. The van der Waals surface area contributed by atoms with Crippen LogP contribution in [-0.2, 0) is 25.7 Å². The van der Waals surface area contributed by atoms with Crippen LogP contribution in [0, 0.1) is 0 Å². The number of anilines is 1. The molecule has 0 radical (unpaired) electrons. The Kier molecular flexibility index (Phi) is 5.64. The third-order valence-corrected chi connectivity index (χ3v) is 6.82. The molecule has 0 saturated heterocycles. The minimum Gasteiger partial charge on any atom is -0.399 e. The zero-order valence-electron chi connectivity index (χ0n) is 17.6. The highest BCUT2D eigenvalue weighted by Crippen LogP contribution is 2.35. The Bertz CT molecular complexity index is 1280. The highest BCUT2D eigenvalue weighted by atomic mass is 32.1. The van der Waals surface area contributed by atoms with Gasteiger partial charge in [-0.2, -0.15) is 13.2 Å². The maximum absolute atomic E-state index is 13.0. The van der Waals surface area contributed by atoms with Crippen molar-refractivity contribution in [1.82, 2.24) is 14.9 Å². The second-order valence-electron chi connectivity index (χ2n) is 8.09. The summed E-state index contributed by atoms with van der Waals surface area (Å²) in [5.41, 5.74) is 9.54. The van der Waals surface area contributed by atoms with Gasteiger partial charge < -0.3 is 5.73 Å². The maximum atomic E-state index is 13.0. The van der Waals surface area contributed by atoms with Crippen molar-refractivity contribution < 1.29 is 13.2 Å². The Balaban J connectivity index is 1.28. The molecule has 0 atom stereocenters. The van der Waals surface area contributed by atoms with E-state index in [4.69, 9.17) is 10.7 Å². The molecular formula is C25H21F3N4S. The molecule has 3 heterocycles. The molecule has 4 aromatic rings. The van der Waals surface area contributed by atoms with Crippen LogP contribution < -0.4 is 5.73 Å². The number of nitrogen functional groups attached to an aromatic ring is 1. The molecule has 0 amide bonds. The van der Waals surface area contributed by atoms with Crippen LogP contribution >= 0.6 is 11.3 Å². The summed E-state index contributed by atoms with van der Waals surface area (Å²) in [4.78, 5) is 13.6. The first-order valence-corrected chi connectivity index (χ1v) is 11.4. The van der Waals surface area contributed by atoms with E-state index in [1.165, 1.54) is 23.5 Å². The monoisotopic (exact) mass is 466 g/mol. The van der Waals surface area contributed by atoms with Crippen LogP contribution in [-0.4, -0.2) is 21.4 Å². The second kappa shape index (κ2) is 8.61. The van der Waals surface area contributed by atoms with Crippen molar-refractivity contribution >= 4 is 17.0 Å². The van der Waals surface area contributed by atoms with E-state index in [2.05, 4.69) is 9.88 Å². The third kappa shape index (κ3) is 4.77. The molecule has 0 aliphatic carbocycles. The van der Waals surface area contributed by atoms with Gasteiger partial charge in [-0.25, -0.2) is 9.97 Å². The molecule has 33 heavy (non-hydrogen) atoms. The summed E-state index contributed by atoms with van der Waals surface area (Å²) in [7, 11) is 0. The number of hydrogen-bond acceptors (Lipinski definition) is 5. The Morgan fingerprint density at radius 2 is 1.82 bits per heavy atom. The number of alkyl halides is 3. The lowest BCUT2D eigenvalue weighted by Crippen LogP contribution is -2.30. The molecule has 0 saturated carbocycles. The van der Waals surface area contributed by atoms with Gasteiger partial charge in [0, 0.05) is 58.8 Å². The van der Waals surface area contributed by atoms with E-state index in [9.17, 15) is 13.2 Å². The molecule has 2 aromatic carbocycles. The molecule has 0 unspecified atom stereocenters. The molecule has 2 N–H and O–H groups in total. The van der Waals surface area contributed by atoms with Crippen LogP contribution in [0.3, 0.4) is 0 Å². The standard InChI is InChI=1S/C25H21F3N4S/c26-25(27,28)19-3-1-2-17(12-19)23-9-8-21(33-23)15-32-11-10-22-18(14-32)13-30-24(31-22)16-4-6-20(29)7-5-16/h1-9,12-13H,10-11,14-15,29H2. The largest absolute Gasteiger partial charge is 0.416 e. The lowest BCUT2D eigenvalue weighted by atomic mass is 10.1. The number of nitrogens with two attached hydrogens (primary N) is 1. The number of fused-ring (bicyclic) bond motifs is 1. The molecule has 168 valence electrons. The lowest BCUT2D eigenvalue weighted by molar-refractivity contribution is -0.137. The molecule has 2 aromatic heterocycles. The van der Waals surface area contributed by atoms with Crippen molar-refractivity contribution in [2.24, 2.45) is 0 Å². The summed E-state index contributed by atoms with van der Waals surface area (Å²) >= 11 is 1.53. The number of thiophene rings is 1. The fraction of sp³-hybridized carbons (Fsp3) is 0.200. The Morgan fingerprint density at radius 3 is 2.61 bits per heavy atom. The topological polar surface area (TPSA) is 55.0 Å². The van der Waals surface area contributed by atoms with Gasteiger partial charge in [0.1, 0.15) is 0 Å². The highest BCUT2D eigenvalue weighted by Gasteiger charge is 2.30. The minimum atomic E-state index is -4.34. The zero-order valence-corrected chi connectivity index (χ0v) is 18.5. The maximum Gasteiger partial charge on any atom is 0.416 e. The summed E-state index contributed by atoms with van der Waals surface area (Å²) in [6.45, 7) is 2.35. The number of benzene rings is 2. The number of hydrogen-bond donors (Lipinski definition) is 1. The highest BCUT2D eigenvalue weighted by molar-refractivity contribution is 7.15. The predicted octanol–water partition coefficient (Wildman–Crippen LogP) is 6.03. The van der Waals surface area contributed by atoms with Gasteiger partial charge >= 0.3 is 6.18 Å². The van der Waals surface area contributed by atoms with Crippen LogP contribution in [0.5, 0.6) is 0 Å². The Labute approximate surface area is 193 Å². The Hall–Kier alpha value is -3.23. The average molecular weight is 467 g/mol. The van der Waals surface area contributed by atoms with Gasteiger partial charge in [-0.05, 0) is 54.1 Å². The number of aromatic nitrogens is 2. The molecule has 5 rings (SSSR count). The molecule has 1 aliphatic rings. The van der Waals surface area contributed by atoms with E-state index in [1.807, 2.05) is 42.6 Å². The van der Waals surface area contributed by atoms with Crippen LogP contribution in [0.2, 0.25) is 0 Å². The van der Waals surface area contributed by atoms with Crippen molar-refractivity contribution in [2.45, 2.75) is 25.7 Å². The fourth-order valence-corrected chi connectivity index (χ4v) is 5.01. The van der Waals surface area contributed by atoms with Crippen molar-refractivity contribution in [1.29, 1.82) is 0 Å². The molecule has 8 heteroatoms. The molecule has 0 bridgehead atoms. The molecular weight excluding hydrogens is 445 g/mol. The van der Waals surface area contributed by atoms with Crippen LogP contribution in [0.4, 0.5) is 18.9 Å². The van der Waals surface area contributed by atoms with Crippen LogP contribution in [0.1, 0.15) is 21.7 Å². The number of rotatable bonds is 4. The first-order valence-electron chi connectivity index (χ1n) is 10.5. The summed E-state index contributed by atoms with van der Waals surface area (Å²) in [5, 5.41) is 0. The van der Waals surface area contributed by atoms with Gasteiger partial charge in [0.15, 0.2) is 5.82 Å². The van der Waals surface area contributed by atoms with E-state index in [0.717, 1.165) is 58.7 Å². The van der Waals surface area contributed by atoms with Gasteiger partial charge in [0.25, 0.3) is 0 Å². The van der Waals surface area contributed by atoms with Crippen LogP contribution in [0.15, 0.2) is 66.9 Å². The summed E-state index contributed by atoms with van der Waals surface area (Å²) < 4.78 is 39.1. The van der Waals surface area contributed by atoms with Crippen molar-refractivity contribution in [3.8, 4) is 21.8 Å². The third-order valence-electron chi connectivity index (χ3n) is 5.70. The van der Waals surface area contributed by atoms with Gasteiger partial charge in [-0.15, -0.1) is 11.3 Å². The van der Waals surface area contributed by atoms with Crippen molar-refractivity contribution in [3.63, 3.8) is 0 Å². The number of halogens is 3. The zero-order chi connectivity index (χ0) is 23.0. The van der Waals surface area contributed by atoms with E-state index in [0.29, 0.717) is 17.1 Å². The van der Waals surface area contributed by atoms with E-state index >= 15 is 0 Å². The summed E-state index contributed by atoms with van der Waals surface area (Å²) in [6, 6.07) is 16.9. The van der Waals surface area contributed by atoms with Gasteiger partial charge in [-0.1, -0.05) is 12.1 Å². The van der Waals surface area contributed by atoms with Gasteiger partial charge in [0.05, 0.1) is 11.3 Å².